The minimum absolute atomic E-state index is 0.151. The summed E-state index contributed by atoms with van der Waals surface area (Å²) in [6.45, 7) is 1.80. The third-order valence-corrected chi connectivity index (χ3v) is 5.52. The lowest BCUT2D eigenvalue weighted by molar-refractivity contribution is -0.137. The van der Waals surface area contributed by atoms with Crippen molar-refractivity contribution in [2.24, 2.45) is 0 Å². The second-order valence-electron chi connectivity index (χ2n) is 6.75. The van der Waals surface area contributed by atoms with Crippen LogP contribution in [0.15, 0.2) is 76.5 Å². The molecule has 0 fully saturated rings. The molecule has 0 atom stereocenters. The number of carbonyl (C=O) groups excluding carboxylic acids is 1. The van der Waals surface area contributed by atoms with E-state index in [0.717, 1.165) is 29.1 Å². The number of hydrogen-bond acceptors (Lipinski definition) is 5. The third kappa shape index (κ3) is 4.54. The zero-order chi connectivity index (χ0) is 22.7. The van der Waals surface area contributed by atoms with Crippen molar-refractivity contribution in [1.29, 1.82) is 0 Å². The van der Waals surface area contributed by atoms with Crippen LogP contribution in [0.3, 0.4) is 0 Å². The number of nitrogens with zero attached hydrogens (tertiary/aromatic N) is 3. The molecule has 0 aliphatic heterocycles. The number of amides is 1. The second kappa shape index (κ2) is 8.91. The monoisotopic (exact) mass is 458 g/mol. The number of halogens is 3. The summed E-state index contributed by atoms with van der Waals surface area (Å²) in [6.07, 6.45) is -3.02. The number of carbonyl (C=O) groups is 1. The van der Waals surface area contributed by atoms with Crippen molar-refractivity contribution in [2.75, 3.05) is 11.1 Å². The highest BCUT2D eigenvalue weighted by molar-refractivity contribution is 7.99. The molecule has 0 saturated carbocycles. The smallest absolute Gasteiger partial charge is 0.418 e. The predicted octanol–water partition coefficient (Wildman–Crippen LogP) is 5.59. The van der Waals surface area contributed by atoms with E-state index in [9.17, 15) is 18.0 Å². The van der Waals surface area contributed by atoms with Crippen molar-refractivity contribution in [3.8, 4) is 17.1 Å². The molecule has 10 heteroatoms. The standard InChI is InChI=1S/C22H17F3N4O2S/c1-14-16(11-12-31-14)20-27-28-21(29(20)15-7-3-2-4-8-15)32-13-19(30)26-18-10-6-5-9-17(18)22(23,24)25/h2-12H,13H2,1H3,(H,26,30). The Morgan fingerprint density at radius 2 is 1.78 bits per heavy atom. The minimum Gasteiger partial charge on any atom is -0.469 e. The number of aromatic nitrogens is 3. The van der Waals surface area contributed by atoms with Crippen LogP contribution in [-0.2, 0) is 11.0 Å². The summed E-state index contributed by atoms with van der Waals surface area (Å²) in [5.41, 5.74) is 0.337. The summed E-state index contributed by atoms with van der Waals surface area (Å²) in [5, 5.41) is 11.2. The van der Waals surface area contributed by atoms with E-state index in [2.05, 4.69) is 15.5 Å². The second-order valence-corrected chi connectivity index (χ2v) is 7.69. The number of hydrogen-bond donors (Lipinski definition) is 1. The highest BCUT2D eigenvalue weighted by Crippen LogP contribution is 2.35. The lowest BCUT2D eigenvalue weighted by Crippen LogP contribution is -2.18. The van der Waals surface area contributed by atoms with Gasteiger partial charge in [0.2, 0.25) is 5.91 Å². The predicted molar refractivity (Wildman–Crippen MR) is 115 cm³/mol. The molecule has 1 amide bonds. The summed E-state index contributed by atoms with van der Waals surface area (Å²) >= 11 is 1.07. The number of rotatable bonds is 6. The molecule has 6 nitrogen and oxygen atoms in total. The van der Waals surface area contributed by atoms with Gasteiger partial charge in [0, 0.05) is 5.69 Å². The average molecular weight is 458 g/mol. The number of para-hydroxylation sites is 2. The molecule has 2 aromatic heterocycles. The maximum absolute atomic E-state index is 13.2. The molecular weight excluding hydrogens is 441 g/mol. The molecule has 0 spiro atoms. The lowest BCUT2D eigenvalue weighted by atomic mass is 10.1. The van der Waals surface area contributed by atoms with Crippen molar-refractivity contribution in [3.05, 3.63) is 78.3 Å². The molecule has 2 aromatic carbocycles. The van der Waals surface area contributed by atoms with Gasteiger partial charge in [-0.25, -0.2) is 0 Å². The molecule has 1 N–H and O–H groups in total. The van der Waals surface area contributed by atoms with Crippen LogP contribution in [0, 0.1) is 6.92 Å². The van der Waals surface area contributed by atoms with Gasteiger partial charge in [0.15, 0.2) is 11.0 Å². The molecule has 0 bridgehead atoms. The Bertz CT molecular complexity index is 1240. The van der Waals surface area contributed by atoms with Crippen molar-refractivity contribution < 1.29 is 22.4 Å². The first-order valence-electron chi connectivity index (χ1n) is 9.49. The van der Waals surface area contributed by atoms with E-state index in [1.54, 1.807) is 23.8 Å². The Kier molecular flexibility index (Phi) is 6.04. The molecule has 32 heavy (non-hydrogen) atoms. The fraction of sp³-hybridized carbons (Fsp3) is 0.136. The Hall–Kier alpha value is -3.53. The summed E-state index contributed by atoms with van der Waals surface area (Å²) in [6, 6.07) is 15.9. The molecule has 0 aliphatic carbocycles. The number of anilines is 1. The van der Waals surface area contributed by atoms with Crippen molar-refractivity contribution in [3.63, 3.8) is 0 Å². The maximum atomic E-state index is 13.2. The molecule has 0 aliphatic rings. The number of thioether (sulfide) groups is 1. The largest absolute Gasteiger partial charge is 0.469 e. The van der Waals surface area contributed by atoms with E-state index in [-0.39, 0.29) is 11.4 Å². The van der Waals surface area contributed by atoms with Gasteiger partial charge in [-0.15, -0.1) is 10.2 Å². The number of benzene rings is 2. The van der Waals surface area contributed by atoms with Crippen molar-refractivity contribution in [2.45, 2.75) is 18.3 Å². The first kappa shape index (κ1) is 21.7. The van der Waals surface area contributed by atoms with E-state index in [4.69, 9.17) is 4.42 Å². The third-order valence-electron chi connectivity index (χ3n) is 4.59. The van der Waals surface area contributed by atoms with Crippen LogP contribution in [0.2, 0.25) is 0 Å². The van der Waals surface area contributed by atoms with Crippen LogP contribution < -0.4 is 5.32 Å². The van der Waals surface area contributed by atoms with Gasteiger partial charge in [-0.2, -0.15) is 13.2 Å². The fourth-order valence-electron chi connectivity index (χ4n) is 3.12. The van der Waals surface area contributed by atoms with Gasteiger partial charge >= 0.3 is 6.18 Å². The SMILES string of the molecule is Cc1occc1-c1nnc(SCC(=O)Nc2ccccc2C(F)(F)F)n1-c1ccccc1. The van der Waals surface area contributed by atoms with Gasteiger partial charge < -0.3 is 9.73 Å². The molecule has 4 aromatic rings. The van der Waals surface area contributed by atoms with Gasteiger partial charge in [0.05, 0.1) is 28.8 Å². The zero-order valence-electron chi connectivity index (χ0n) is 16.8. The Balaban J connectivity index is 1.58. The van der Waals surface area contributed by atoms with Crippen LogP contribution in [0.25, 0.3) is 17.1 Å². The Labute approximate surface area is 185 Å². The van der Waals surface area contributed by atoms with E-state index >= 15 is 0 Å². The average Bonchev–Trinajstić information content (AvgIpc) is 3.38. The topological polar surface area (TPSA) is 72.9 Å². The molecule has 0 saturated heterocycles. The van der Waals surface area contributed by atoms with Gasteiger partial charge in [0.1, 0.15) is 5.76 Å². The highest BCUT2D eigenvalue weighted by atomic mass is 32.2. The summed E-state index contributed by atoms with van der Waals surface area (Å²) in [4.78, 5) is 12.4. The van der Waals surface area contributed by atoms with E-state index in [0.29, 0.717) is 16.7 Å². The molecule has 2 heterocycles. The highest BCUT2D eigenvalue weighted by Gasteiger charge is 2.33. The van der Waals surface area contributed by atoms with Crippen molar-refractivity contribution in [1.82, 2.24) is 14.8 Å². The summed E-state index contributed by atoms with van der Waals surface area (Å²) in [7, 11) is 0. The molecule has 0 unspecified atom stereocenters. The lowest BCUT2D eigenvalue weighted by Gasteiger charge is -2.13. The molecule has 4 rings (SSSR count). The first-order chi connectivity index (χ1) is 15.3. The normalized spacial score (nSPS) is 11.5. The number of nitrogens with one attached hydrogen (secondary N) is 1. The number of alkyl halides is 3. The van der Waals surface area contributed by atoms with Crippen molar-refractivity contribution >= 4 is 23.4 Å². The fourth-order valence-corrected chi connectivity index (χ4v) is 3.87. The Morgan fingerprint density at radius 1 is 1.06 bits per heavy atom. The molecular formula is C22H17F3N4O2S. The quantitative estimate of drug-likeness (QED) is 0.382. The summed E-state index contributed by atoms with van der Waals surface area (Å²) in [5.74, 6) is 0.456. The number of furan rings is 1. The van der Waals surface area contributed by atoms with Gasteiger partial charge in [-0.1, -0.05) is 42.1 Å². The zero-order valence-corrected chi connectivity index (χ0v) is 17.6. The minimum atomic E-state index is -4.57. The van der Waals surface area contributed by atoms with Crippen LogP contribution in [0.5, 0.6) is 0 Å². The van der Waals surface area contributed by atoms with Gasteiger partial charge in [-0.3, -0.25) is 9.36 Å². The first-order valence-corrected chi connectivity index (χ1v) is 10.5. The summed E-state index contributed by atoms with van der Waals surface area (Å²) < 4.78 is 46.7. The van der Waals surface area contributed by atoms with E-state index in [1.807, 2.05) is 30.3 Å². The number of aryl methyl sites for hydroxylation is 1. The van der Waals surface area contributed by atoms with Crippen LogP contribution >= 0.6 is 11.8 Å². The molecule has 164 valence electrons. The van der Waals surface area contributed by atoms with Crippen LogP contribution in [-0.4, -0.2) is 26.4 Å². The van der Waals surface area contributed by atoms with E-state index < -0.39 is 17.6 Å². The van der Waals surface area contributed by atoms with E-state index in [1.165, 1.54) is 18.2 Å². The van der Waals surface area contributed by atoms with Crippen LogP contribution in [0.4, 0.5) is 18.9 Å². The van der Waals surface area contributed by atoms with Gasteiger partial charge in [0.25, 0.3) is 0 Å². The maximum Gasteiger partial charge on any atom is 0.418 e. The van der Waals surface area contributed by atoms with Gasteiger partial charge in [-0.05, 0) is 37.3 Å². The Morgan fingerprint density at radius 3 is 2.47 bits per heavy atom. The molecule has 0 radical (unpaired) electrons. The van der Waals surface area contributed by atoms with Crippen LogP contribution in [0.1, 0.15) is 11.3 Å².